The molecule has 106 valence electrons. The molecule has 0 unspecified atom stereocenters. The van der Waals surface area contributed by atoms with E-state index >= 15 is 0 Å². The number of hydrogen-bond acceptors (Lipinski definition) is 1. The summed E-state index contributed by atoms with van der Waals surface area (Å²) in [6.07, 6.45) is 0. The molecule has 1 nitrogen and oxygen atoms in total. The van der Waals surface area contributed by atoms with Gasteiger partial charge in [0.25, 0.3) is 0 Å². The molecule has 0 aliphatic heterocycles. The third-order valence-corrected chi connectivity index (χ3v) is 4.59. The zero-order chi connectivity index (χ0) is 14.9. The van der Waals surface area contributed by atoms with E-state index in [4.69, 9.17) is 46.4 Å². The van der Waals surface area contributed by atoms with Crippen molar-refractivity contribution in [1.82, 2.24) is 5.32 Å². The first kappa shape index (κ1) is 15.9. The summed E-state index contributed by atoms with van der Waals surface area (Å²) < 4.78 is 0. The second-order valence-corrected chi connectivity index (χ2v) is 6.10. The molecule has 0 amide bonds. The van der Waals surface area contributed by atoms with Crippen LogP contribution in [0.4, 0.5) is 0 Å². The van der Waals surface area contributed by atoms with Crippen molar-refractivity contribution in [3.8, 4) is 11.1 Å². The molecule has 0 aromatic heterocycles. The van der Waals surface area contributed by atoms with Crippen LogP contribution in [0, 0.1) is 6.92 Å². The molecule has 0 saturated heterocycles. The monoisotopic (exact) mass is 347 g/mol. The average Bonchev–Trinajstić information content (AvgIpc) is 2.40. The van der Waals surface area contributed by atoms with Crippen molar-refractivity contribution in [3.05, 3.63) is 55.5 Å². The van der Waals surface area contributed by atoms with E-state index in [1.54, 1.807) is 6.07 Å². The number of nitrogens with one attached hydrogen (secondary N) is 1. The van der Waals surface area contributed by atoms with Crippen LogP contribution < -0.4 is 5.32 Å². The van der Waals surface area contributed by atoms with Crippen LogP contribution in [0.25, 0.3) is 11.1 Å². The lowest BCUT2D eigenvalue weighted by atomic mass is 9.97. The molecule has 2 aromatic carbocycles. The topological polar surface area (TPSA) is 12.0 Å². The summed E-state index contributed by atoms with van der Waals surface area (Å²) in [5, 5.41) is 4.76. The fourth-order valence-corrected chi connectivity index (χ4v) is 3.09. The summed E-state index contributed by atoms with van der Waals surface area (Å²) >= 11 is 24.9. The van der Waals surface area contributed by atoms with Gasteiger partial charge in [-0.1, -0.05) is 70.2 Å². The number of benzene rings is 2. The Kier molecular flexibility index (Phi) is 5.22. The predicted molar refractivity (Wildman–Crippen MR) is 89.4 cm³/mol. The largest absolute Gasteiger partial charge is 0.316 e. The van der Waals surface area contributed by atoms with Crippen LogP contribution in [0.5, 0.6) is 0 Å². The van der Waals surface area contributed by atoms with Crippen molar-refractivity contribution < 1.29 is 0 Å². The van der Waals surface area contributed by atoms with Gasteiger partial charge in [-0.05, 0) is 31.2 Å². The van der Waals surface area contributed by atoms with Crippen LogP contribution >= 0.6 is 46.4 Å². The second kappa shape index (κ2) is 6.55. The Morgan fingerprint density at radius 1 is 0.950 bits per heavy atom. The van der Waals surface area contributed by atoms with E-state index in [0.717, 1.165) is 16.7 Å². The first-order valence-electron chi connectivity index (χ1n) is 6.03. The molecule has 0 aliphatic carbocycles. The zero-order valence-electron chi connectivity index (χ0n) is 11.0. The van der Waals surface area contributed by atoms with Crippen LogP contribution in [0.2, 0.25) is 20.1 Å². The molecular formula is C15H13Cl4N. The minimum absolute atomic E-state index is 0.396. The van der Waals surface area contributed by atoms with Gasteiger partial charge in [0.1, 0.15) is 0 Å². The van der Waals surface area contributed by atoms with Crippen molar-refractivity contribution in [2.45, 2.75) is 13.5 Å². The molecule has 0 radical (unpaired) electrons. The minimum atomic E-state index is 0.396. The van der Waals surface area contributed by atoms with Gasteiger partial charge < -0.3 is 5.32 Å². The molecule has 0 fully saturated rings. The second-order valence-electron chi connectivity index (χ2n) is 4.53. The van der Waals surface area contributed by atoms with Crippen LogP contribution in [0.3, 0.4) is 0 Å². The lowest BCUT2D eigenvalue weighted by Gasteiger charge is -2.15. The summed E-state index contributed by atoms with van der Waals surface area (Å²) in [5.41, 5.74) is 3.82. The van der Waals surface area contributed by atoms with E-state index in [1.165, 1.54) is 0 Å². The molecule has 0 saturated carbocycles. The first-order chi connectivity index (χ1) is 9.45. The maximum atomic E-state index is 6.33. The normalized spacial score (nSPS) is 10.9. The van der Waals surface area contributed by atoms with Crippen molar-refractivity contribution >= 4 is 46.4 Å². The summed E-state index contributed by atoms with van der Waals surface area (Å²) in [4.78, 5) is 0. The third kappa shape index (κ3) is 3.08. The molecule has 0 heterocycles. The van der Waals surface area contributed by atoms with Crippen molar-refractivity contribution in [1.29, 1.82) is 0 Å². The van der Waals surface area contributed by atoms with E-state index in [-0.39, 0.29) is 0 Å². The number of aryl methyl sites for hydroxylation is 1. The number of hydrogen-bond donors (Lipinski definition) is 1. The van der Waals surface area contributed by atoms with Crippen LogP contribution in [0.1, 0.15) is 11.1 Å². The Morgan fingerprint density at radius 3 is 2.10 bits per heavy atom. The maximum absolute atomic E-state index is 6.33. The van der Waals surface area contributed by atoms with Gasteiger partial charge in [-0.3, -0.25) is 0 Å². The third-order valence-electron chi connectivity index (χ3n) is 3.01. The highest BCUT2D eigenvalue weighted by molar-refractivity contribution is 6.50. The van der Waals surface area contributed by atoms with Gasteiger partial charge in [-0.2, -0.15) is 0 Å². The Morgan fingerprint density at radius 2 is 1.55 bits per heavy atom. The van der Waals surface area contributed by atoms with Crippen molar-refractivity contribution in [2.75, 3.05) is 7.05 Å². The van der Waals surface area contributed by atoms with Gasteiger partial charge in [-0.15, -0.1) is 0 Å². The quantitative estimate of drug-likeness (QED) is 0.671. The van der Waals surface area contributed by atoms with Gasteiger partial charge >= 0.3 is 0 Å². The van der Waals surface area contributed by atoms with E-state index in [1.807, 2.05) is 32.2 Å². The lowest BCUT2D eigenvalue weighted by Crippen LogP contribution is -2.06. The number of halogens is 4. The van der Waals surface area contributed by atoms with Gasteiger partial charge in [0.05, 0.1) is 20.1 Å². The van der Waals surface area contributed by atoms with Gasteiger partial charge in [-0.25, -0.2) is 0 Å². The Balaban J connectivity index is 2.77. The molecule has 0 atom stereocenters. The van der Waals surface area contributed by atoms with Crippen molar-refractivity contribution in [3.63, 3.8) is 0 Å². The minimum Gasteiger partial charge on any atom is -0.316 e. The summed E-state index contributed by atoms with van der Waals surface area (Å²) in [5.74, 6) is 0. The highest BCUT2D eigenvalue weighted by atomic mass is 35.5. The summed E-state index contributed by atoms with van der Waals surface area (Å²) in [6.45, 7) is 2.72. The fraction of sp³-hybridized carbons (Fsp3) is 0.200. The Labute approximate surface area is 138 Å². The Hall–Kier alpha value is -0.440. The van der Waals surface area contributed by atoms with E-state index in [2.05, 4.69) is 5.32 Å². The molecular weight excluding hydrogens is 336 g/mol. The molecule has 0 aliphatic rings. The van der Waals surface area contributed by atoms with Gasteiger partial charge in [0, 0.05) is 12.1 Å². The first-order valence-corrected chi connectivity index (χ1v) is 7.54. The van der Waals surface area contributed by atoms with Crippen LogP contribution in [-0.2, 0) is 6.54 Å². The molecule has 5 heteroatoms. The summed E-state index contributed by atoms with van der Waals surface area (Å²) in [6, 6.07) is 7.68. The van der Waals surface area contributed by atoms with E-state index in [0.29, 0.717) is 32.2 Å². The molecule has 1 N–H and O–H groups in total. The predicted octanol–water partition coefficient (Wildman–Crippen LogP) is 6.00. The molecule has 20 heavy (non-hydrogen) atoms. The Bertz CT molecular complexity index is 627. The lowest BCUT2D eigenvalue weighted by molar-refractivity contribution is 0.819. The number of rotatable bonds is 3. The maximum Gasteiger partial charge on any atom is 0.0686 e. The van der Waals surface area contributed by atoms with Gasteiger partial charge in [0.15, 0.2) is 0 Å². The molecule has 2 rings (SSSR count). The zero-order valence-corrected chi connectivity index (χ0v) is 14.1. The average molecular weight is 349 g/mol. The smallest absolute Gasteiger partial charge is 0.0686 e. The molecule has 0 bridgehead atoms. The van der Waals surface area contributed by atoms with Crippen molar-refractivity contribution in [2.24, 2.45) is 0 Å². The fourth-order valence-electron chi connectivity index (χ4n) is 2.08. The SMILES string of the molecule is CNCc1ccc(C)cc1-c1c(Cl)c(Cl)cc(Cl)c1Cl. The molecule has 0 spiro atoms. The summed E-state index contributed by atoms with van der Waals surface area (Å²) in [7, 11) is 1.89. The van der Waals surface area contributed by atoms with Crippen LogP contribution in [-0.4, -0.2) is 7.05 Å². The van der Waals surface area contributed by atoms with E-state index in [9.17, 15) is 0 Å². The van der Waals surface area contributed by atoms with Crippen LogP contribution in [0.15, 0.2) is 24.3 Å². The highest BCUT2D eigenvalue weighted by Crippen LogP contribution is 2.44. The van der Waals surface area contributed by atoms with E-state index < -0.39 is 0 Å². The van der Waals surface area contributed by atoms with Gasteiger partial charge in [0.2, 0.25) is 0 Å². The standard InChI is InChI=1S/C15H13Cl4N/c1-8-3-4-9(7-20-2)10(5-8)13-14(18)11(16)6-12(17)15(13)19/h3-6,20H,7H2,1-2H3. The highest BCUT2D eigenvalue weighted by Gasteiger charge is 2.18. The molecule has 2 aromatic rings.